The van der Waals surface area contributed by atoms with E-state index >= 15 is 0 Å². The molecule has 140 valence electrons. The van der Waals surface area contributed by atoms with Gasteiger partial charge in [-0.1, -0.05) is 24.3 Å². The van der Waals surface area contributed by atoms with E-state index in [0.29, 0.717) is 29.5 Å². The first-order valence-corrected chi connectivity index (χ1v) is 8.44. The van der Waals surface area contributed by atoms with E-state index in [2.05, 4.69) is 29.7 Å². The molecule has 2 aromatic carbocycles. The number of amides is 1. The average Bonchev–Trinajstić information content (AvgIpc) is 2.66. The molecule has 0 heterocycles. The molecule has 1 amide bonds. The molecule has 0 aliphatic heterocycles. The van der Waals surface area contributed by atoms with Crippen molar-refractivity contribution in [2.75, 3.05) is 39.7 Å². The molecule has 6 heteroatoms. The van der Waals surface area contributed by atoms with Crippen molar-refractivity contribution in [3.8, 4) is 17.2 Å². The summed E-state index contributed by atoms with van der Waals surface area (Å²) in [5.41, 5.74) is 3.19. The summed E-state index contributed by atoms with van der Waals surface area (Å²) in [7, 11) is 4.66. The first-order chi connectivity index (χ1) is 12.6. The molecule has 26 heavy (non-hydrogen) atoms. The maximum absolute atomic E-state index is 12.1. The molecular weight excluding hydrogens is 332 g/mol. The van der Waals surface area contributed by atoms with E-state index in [1.165, 1.54) is 11.1 Å². The van der Waals surface area contributed by atoms with E-state index in [1.807, 2.05) is 12.1 Å². The van der Waals surface area contributed by atoms with Crippen molar-refractivity contribution < 1.29 is 19.0 Å². The molecule has 2 rings (SSSR count). The van der Waals surface area contributed by atoms with Crippen LogP contribution >= 0.6 is 0 Å². The van der Waals surface area contributed by atoms with E-state index < -0.39 is 0 Å². The monoisotopic (exact) mass is 358 g/mol. The van der Waals surface area contributed by atoms with E-state index in [0.717, 1.165) is 6.42 Å². The van der Waals surface area contributed by atoms with E-state index in [9.17, 15) is 4.79 Å². The Morgan fingerprint density at radius 2 is 1.65 bits per heavy atom. The second-order valence-corrected chi connectivity index (χ2v) is 5.79. The molecule has 0 spiro atoms. The maximum atomic E-state index is 12.1. The second-order valence-electron chi connectivity index (χ2n) is 5.79. The summed E-state index contributed by atoms with van der Waals surface area (Å²) in [5, 5.41) is 6.00. The summed E-state index contributed by atoms with van der Waals surface area (Å²) in [6.45, 7) is 2.83. The second kappa shape index (κ2) is 9.56. The Bertz CT molecular complexity index is 721. The van der Waals surface area contributed by atoms with Gasteiger partial charge < -0.3 is 24.8 Å². The quantitative estimate of drug-likeness (QED) is 0.721. The minimum absolute atomic E-state index is 0.0765. The largest absolute Gasteiger partial charge is 0.493 e. The third-order valence-corrected chi connectivity index (χ3v) is 4.10. The zero-order valence-electron chi connectivity index (χ0n) is 15.7. The Labute approximate surface area is 154 Å². The highest BCUT2D eigenvalue weighted by molar-refractivity contribution is 5.81. The van der Waals surface area contributed by atoms with Gasteiger partial charge in [0, 0.05) is 24.4 Å². The third-order valence-electron chi connectivity index (χ3n) is 4.10. The van der Waals surface area contributed by atoms with Gasteiger partial charge in [0.2, 0.25) is 11.7 Å². The lowest BCUT2D eigenvalue weighted by Gasteiger charge is -2.15. The molecule has 0 saturated heterocycles. The van der Waals surface area contributed by atoms with Crippen molar-refractivity contribution in [3.05, 3.63) is 47.5 Å². The number of anilines is 1. The molecule has 0 radical (unpaired) electrons. The van der Waals surface area contributed by atoms with Gasteiger partial charge in [0.1, 0.15) is 0 Å². The number of hydrogen-bond donors (Lipinski definition) is 2. The van der Waals surface area contributed by atoms with Crippen LogP contribution in [0.4, 0.5) is 5.69 Å². The van der Waals surface area contributed by atoms with Crippen LogP contribution in [0.25, 0.3) is 0 Å². The molecule has 0 aliphatic rings. The number of hydrogen-bond acceptors (Lipinski definition) is 5. The number of carbonyl (C=O) groups excluding carboxylic acids is 1. The molecular formula is C20H26N2O4. The fraction of sp³-hybridized carbons (Fsp3) is 0.350. The number of ether oxygens (including phenoxy) is 3. The van der Waals surface area contributed by atoms with Gasteiger partial charge >= 0.3 is 0 Å². The normalized spacial score (nSPS) is 10.2. The van der Waals surface area contributed by atoms with Gasteiger partial charge in [-0.3, -0.25) is 4.79 Å². The highest BCUT2D eigenvalue weighted by Crippen LogP contribution is 2.39. The number of rotatable bonds is 9. The smallest absolute Gasteiger partial charge is 0.239 e. The summed E-state index contributed by atoms with van der Waals surface area (Å²) in [6, 6.07) is 11.7. The van der Waals surface area contributed by atoms with E-state index in [-0.39, 0.29) is 12.5 Å². The summed E-state index contributed by atoms with van der Waals surface area (Å²) in [6.07, 6.45) is 0.808. The molecule has 0 saturated carbocycles. The summed E-state index contributed by atoms with van der Waals surface area (Å²) in [5.74, 6) is 1.51. The predicted octanol–water partition coefficient (Wildman–Crippen LogP) is 2.79. The first kappa shape index (κ1) is 19.4. The van der Waals surface area contributed by atoms with E-state index in [1.54, 1.807) is 33.5 Å². The minimum Gasteiger partial charge on any atom is -0.493 e. The Morgan fingerprint density at radius 1 is 1.00 bits per heavy atom. The molecule has 2 N–H and O–H groups in total. The van der Waals surface area contributed by atoms with Crippen LogP contribution in [0.3, 0.4) is 0 Å². The fourth-order valence-electron chi connectivity index (χ4n) is 2.66. The topological polar surface area (TPSA) is 68.8 Å². The van der Waals surface area contributed by atoms with Crippen LogP contribution in [0.5, 0.6) is 17.2 Å². The number of aryl methyl sites for hydroxylation is 1. The standard InChI is InChI=1S/C20H26N2O4/c1-14-7-5-6-8-15(14)9-10-21-19(23)13-22-16-11-17(24-2)20(26-4)18(12-16)25-3/h5-8,11-12,22H,9-10,13H2,1-4H3,(H,21,23). The molecule has 6 nitrogen and oxygen atoms in total. The third kappa shape index (κ3) is 5.05. The van der Waals surface area contributed by atoms with Gasteiger partial charge in [-0.25, -0.2) is 0 Å². The maximum Gasteiger partial charge on any atom is 0.239 e. The van der Waals surface area contributed by atoms with Gasteiger partial charge in [0.05, 0.1) is 27.9 Å². The molecule has 0 aliphatic carbocycles. The van der Waals surface area contributed by atoms with Crippen molar-refractivity contribution in [1.29, 1.82) is 0 Å². The summed E-state index contributed by atoms with van der Waals surface area (Å²) in [4.78, 5) is 12.1. The van der Waals surface area contributed by atoms with Gasteiger partial charge in [0.25, 0.3) is 0 Å². The molecule has 0 atom stereocenters. The number of nitrogens with one attached hydrogen (secondary N) is 2. The highest BCUT2D eigenvalue weighted by Gasteiger charge is 2.13. The molecule has 0 bridgehead atoms. The minimum atomic E-state index is -0.0765. The van der Waals surface area contributed by atoms with Crippen molar-refractivity contribution in [2.24, 2.45) is 0 Å². The SMILES string of the molecule is COc1cc(NCC(=O)NCCc2ccccc2C)cc(OC)c1OC. The van der Waals surface area contributed by atoms with Gasteiger partial charge in [0.15, 0.2) is 11.5 Å². The van der Waals surface area contributed by atoms with Crippen LogP contribution in [0.2, 0.25) is 0 Å². The predicted molar refractivity (Wildman–Crippen MR) is 102 cm³/mol. The molecule has 0 unspecified atom stereocenters. The lowest BCUT2D eigenvalue weighted by Crippen LogP contribution is -2.31. The van der Waals surface area contributed by atoms with Crippen LogP contribution in [0, 0.1) is 6.92 Å². The lowest BCUT2D eigenvalue weighted by atomic mass is 10.1. The van der Waals surface area contributed by atoms with E-state index in [4.69, 9.17) is 14.2 Å². The Kier molecular flexibility index (Phi) is 7.14. The zero-order chi connectivity index (χ0) is 18.9. The highest BCUT2D eigenvalue weighted by atomic mass is 16.5. The number of carbonyl (C=O) groups is 1. The summed E-state index contributed by atoms with van der Waals surface area (Å²) >= 11 is 0. The van der Waals surface area contributed by atoms with Gasteiger partial charge in [-0.2, -0.15) is 0 Å². The van der Waals surface area contributed by atoms with Crippen LogP contribution in [0.1, 0.15) is 11.1 Å². The Morgan fingerprint density at radius 3 is 2.23 bits per heavy atom. The van der Waals surface area contributed by atoms with Crippen LogP contribution in [-0.2, 0) is 11.2 Å². The molecule has 0 aromatic heterocycles. The first-order valence-electron chi connectivity index (χ1n) is 8.44. The fourth-order valence-corrected chi connectivity index (χ4v) is 2.66. The Hall–Kier alpha value is -2.89. The molecule has 0 fully saturated rings. The Balaban J connectivity index is 1.88. The summed E-state index contributed by atoms with van der Waals surface area (Å²) < 4.78 is 15.9. The molecule has 2 aromatic rings. The van der Waals surface area contributed by atoms with Crippen LogP contribution in [0.15, 0.2) is 36.4 Å². The van der Waals surface area contributed by atoms with Crippen molar-refractivity contribution in [1.82, 2.24) is 5.32 Å². The zero-order valence-corrected chi connectivity index (χ0v) is 15.7. The average molecular weight is 358 g/mol. The van der Waals surface area contributed by atoms with Crippen LogP contribution < -0.4 is 24.8 Å². The van der Waals surface area contributed by atoms with Crippen LogP contribution in [-0.4, -0.2) is 40.3 Å². The lowest BCUT2D eigenvalue weighted by molar-refractivity contribution is -0.119. The number of benzene rings is 2. The van der Waals surface area contributed by atoms with Gasteiger partial charge in [-0.05, 0) is 24.5 Å². The van der Waals surface area contributed by atoms with Crippen molar-refractivity contribution in [3.63, 3.8) is 0 Å². The van der Waals surface area contributed by atoms with Crippen molar-refractivity contribution >= 4 is 11.6 Å². The number of methoxy groups -OCH3 is 3. The van der Waals surface area contributed by atoms with Gasteiger partial charge in [-0.15, -0.1) is 0 Å². The van der Waals surface area contributed by atoms with Crippen molar-refractivity contribution in [2.45, 2.75) is 13.3 Å².